The number of imidazole rings is 1. The van der Waals surface area contributed by atoms with E-state index in [1.807, 2.05) is 41.2 Å². The summed E-state index contributed by atoms with van der Waals surface area (Å²) in [7, 11) is 0. The quantitative estimate of drug-likeness (QED) is 0.750. The Bertz CT molecular complexity index is 943. The van der Waals surface area contributed by atoms with Crippen LogP contribution in [0.2, 0.25) is 0 Å². The number of amides is 1. The van der Waals surface area contributed by atoms with E-state index in [1.165, 1.54) is 5.56 Å². The van der Waals surface area contributed by atoms with Crippen molar-refractivity contribution in [2.75, 3.05) is 13.1 Å². The van der Waals surface area contributed by atoms with Gasteiger partial charge in [-0.1, -0.05) is 30.3 Å². The van der Waals surface area contributed by atoms with Crippen LogP contribution in [0.25, 0.3) is 11.4 Å². The molecule has 0 spiro atoms. The van der Waals surface area contributed by atoms with Gasteiger partial charge < -0.3 is 10.3 Å². The minimum Gasteiger partial charge on any atom is -0.364 e. The van der Waals surface area contributed by atoms with Crippen molar-refractivity contribution in [3.05, 3.63) is 59.7 Å². The molecule has 1 aliphatic rings. The van der Waals surface area contributed by atoms with Crippen molar-refractivity contribution >= 4 is 5.91 Å². The molecule has 0 unspecified atom stereocenters. The van der Waals surface area contributed by atoms with E-state index in [2.05, 4.69) is 32.7 Å². The van der Waals surface area contributed by atoms with Gasteiger partial charge in [0.15, 0.2) is 0 Å². The van der Waals surface area contributed by atoms with Crippen molar-refractivity contribution in [3.8, 4) is 11.4 Å². The molecule has 7 heteroatoms. The summed E-state index contributed by atoms with van der Waals surface area (Å²) in [6, 6.07) is 9.97. The minimum absolute atomic E-state index is 0.398. The van der Waals surface area contributed by atoms with Crippen molar-refractivity contribution < 1.29 is 4.79 Å². The molecule has 3 aromatic rings. The molecule has 1 aromatic carbocycles. The third kappa shape index (κ3) is 3.50. The first-order valence-corrected chi connectivity index (χ1v) is 9.34. The summed E-state index contributed by atoms with van der Waals surface area (Å²) < 4.78 is 4.10. The van der Waals surface area contributed by atoms with Gasteiger partial charge in [-0.25, -0.2) is 4.98 Å². The number of fused-ring (bicyclic) bond motifs is 1. The zero-order valence-corrected chi connectivity index (χ0v) is 15.5. The van der Waals surface area contributed by atoms with E-state index in [4.69, 9.17) is 5.73 Å². The van der Waals surface area contributed by atoms with Crippen LogP contribution in [0, 0.1) is 0 Å². The Morgan fingerprint density at radius 2 is 2.00 bits per heavy atom. The highest BCUT2D eigenvalue weighted by Gasteiger charge is 2.25. The molecule has 1 aliphatic heterocycles. The van der Waals surface area contributed by atoms with Gasteiger partial charge in [0.2, 0.25) is 0 Å². The monoisotopic (exact) mass is 364 g/mol. The van der Waals surface area contributed by atoms with Gasteiger partial charge in [0.05, 0.1) is 11.9 Å². The van der Waals surface area contributed by atoms with Crippen LogP contribution in [-0.4, -0.2) is 43.2 Å². The van der Waals surface area contributed by atoms with Crippen molar-refractivity contribution in [2.45, 2.75) is 33.0 Å². The van der Waals surface area contributed by atoms with Crippen LogP contribution in [0.1, 0.15) is 28.7 Å². The number of carbonyl (C=O) groups excluding carboxylic acids is 1. The van der Waals surface area contributed by atoms with Crippen LogP contribution in [0.3, 0.4) is 0 Å². The molecule has 7 nitrogen and oxygen atoms in total. The van der Waals surface area contributed by atoms with E-state index in [-0.39, 0.29) is 0 Å². The molecule has 0 bridgehead atoms. The average Bonchev–Trinajstić information content (AvgIpc) is 3.23. The fraction of sp³-hybridized carbons (Fsp3) is 0.350. The summed E-state index contributed by atoms with van der Waals surface area (Å²) >= 11 is 0. The molecule has 3 heterocycles. The minimum atomic E-state index is -0.460. The van der Waals surface area contributed by atoms with E-state index < -0.39 is 5.91 Å². The Labute approximate surface area is 158 Å². The van der Waals surface area contributed by atoms with Gasteiger partial charge in [-0.3, -0.25) is 14.4 Å². The first-order chi connectivity index (χ1) is 13.2. The molecule has 27 heavy (non-hydrogen) atoms. The van der Waals surface area contributed by atoms with Crippen LogP contribution in [0.15, 0.2) is 42.7 Å². The lowest BCUT2D eigenvalue weighted by molar-refractivity contribution is 0.0995. The zero-order valence-electron chi connectivity index (χ0n) is 15.5. The number of nitrogens with zero attached hydrogens (tertiary/aromatic N) is 5. The number of aromatic nitrogens is 4. The molecule has 0 fully saturated rings. The molecule has 0 aliphatic carbocycles. The Morgan fingerprint density at radius 1 is 1.19 bits per heavy atom. The first-order valence-electron chi connectivity index (χ1n) is 9.34. The maximum absolute atomic E-state index is 12.0. The maximum Gasteiger partial charge on any atom is 0.269 e. The smallest absolute Gasteiger partial charge is 0.269 e. The molecule has 0 atom stereocenters. The molecule has 0 saturated heterocycles. The number of hydrogen-bond acceptors (Lipinski definition) is 4. The predicted molar refractivity (Wildman–Crippen MR) is 103 cm³/mol. The summed E-state index contributed by atoms with van der Waals surface area (Å²) in [5, 5.41) is 4.36. The van der Waals surface area contributed by atoms with Gasteiger partial charge in [-0.15, -0.1) is 0 Å². The number of aryl methyl sites for hydroxylation is 1. The first kappa shape index (κ1) is 17.5. The molecule has 2 aromatic heterocycles. The summed E-state index contributed by atoms with van der Waals surface area (Å²) in [4.78, 5) is 18.9. The normalized spacial score (nSPS) is 14.7. The van der Waals surface area contributed by atoms with Gasteiger partial charge in [0.25, 0.3) is 5.91 Å². The van der Waals surface area contributed by atoms with Crippen molar-refractivity contribution in [2.24, 2.45) is 5.73 Å². The van der Waals surface area contributed by atoms with Crippen LogP contribution in [0.4, 0.5) is 0 Å². The second-order valence-corrected chi connectivity index (χ2v) is 6.84. The Morgan fingerprint density at radius 3 is 2.70 bits per heavy atom. The average molecular weight is 364 g/mol. The third-order valence-electron chi connectivity index (χ3n) is 5.06. The maximum atomic E-state index is 12.0. The number of rotatable bonds is 5. The molecule has 2 N–H and O–H groups in total. The summed E-state index contributed by atoms with van der Waals surface area (Å²) in [5.74, 6) is 0.360. The summed E-state index contributed by atoms with van der Waals surface area (Å²) in [6.07, 6.45) is 4.78. The van der Waals surface area contributed by atoms with Crippen molar-refractivity contribution in [3.63, 3.8) is 0 Å². The Kier molecular flexibility index (Phi) is 4.77. The molecule has 140 valence electrons. The van der Waals surface area contributed by atoms with Crippen molar-refractivity contribution in [1.29, 1.82) is 0 Å². The highest BCUT2D eigenvalue weighted by Crippen LogP contribution is 2.25. The fourth-order valence-electron chi connectivity index (χ4n) is 3.68. The zero-order chi connectivity index (χ0) is 18.8. The van der Waals surface area contributed by atoms with Gasteiger partial charge in [0.1, 0.15) is 11.5 Å². The summed E-state index contributed by atoms with van der Waals surface area (Å²) in [5.41, 5.74) is 9.16. The Hall–Kier alpha value is -2.93. The van der Waals surface area contributed by atoms with Crippen molar-refractivity contribution in [1.82, 2.24) is 24.2 Å². The molecule has 4 rings (SSSR count). The lowest BCUT2D eigenvalue weighted by Gasteiger charge is -2.18. The Balaban J connectivity index is 1.60. The number of nitrogens with two attached hydrogens (primary N) is 1. The lowest BCUT2D eigenvalue weighted by Crippen LogP contribution is -2.26. The molecule has 0 saturated carbocycles. The van der Waals surface area contributed by atoms with Gasteiger partial charge in [0, 0.05) is 56.5 Å². The highest BCUT2D eigenvalue weighted by atomic mass is 16.1. The summed E-state index contributed by atoms with van der Waals surface area (Å²) in [6.45, 7) is 6.34. The van der Waals surface area contributed by atoms with E-state index in [1.54, 1.807) is 0 Å². The van der Waals surface area contributed by atoms with E-state index in [0.29, 0.717) is 5.69 Å². The number of carbonyl (C=O) groups is 1. The molecular weight excluding hydrogens is 340 g/mol. The molecular formula is C20H24N6O. The molecule has 1 amide bonds. The van der Waals surface area contributed by atoms with E-state index >= 15 is 0 Å². The topological polar surface area (TPSA) is 82.0 Å². The number of benzene rings is 1. The van der Waals surface area contributed by atoms with Crippen LogP contribution >= 0.6 is 0 Å². The SMILES string of the molecule is CCn1cc(CN2CCc3c(C(N)=O)nc(-c4ccccc4)n3CC2)cn1. The van der Waals surface area contributed by atoms with Gasteiger partial charge in [-0.2, -0.15) is 5.10 Å². The van der Waals surface area contributed by atoms with E-state index in [0.717, 1.165) is 56.2 Å². The fourth-order valence-corrected chi connectivity index (χ4v) is 3.68. The lowest BCUT2D eigenvalue weighted by atomic mass is 10.2. The van der Waals surface area contributed by atoms with E-state index in [9.17, 15) is 4.79 Å². The van der Waals surface area contributed by atoms with Crippen LogP contribution in [-0.2, 0) is 26.1 Å². The van der Waals surface area contributed by atoms with Gasteiger partial charge >= 0.3 is 0 Å². The third-order valence-corrected chi connectivity index (χ3v) is 5.06. The van der Waals surface area contributed by atoms with Crippen LogP contribution in [0.5, 0.6) is 0 Å². The second-order valence-electron chi connectivity index (χ2n) is 6.84. The standard InChI is InChI=1S/C20H24N6O/c1-2-25-14-15(12-22-25)13-24-9-8-17-18(19(21)27)23-20(26(17)11-10-24)16-6-4-3-5-7-16/h3-7,12,14H,2,8-11,13H2,1H3,(H2,21,27). The predicted octanol–water partition coefficient (Wildman–Crippen LogP) is 1.92. The van der Waals surface area contributed by atoms with Crippen LogP contribution < -0.4 is 5.73 Å². The highest BCUT2D eigenvalue weighted by molar-refractivity contribution is 5.93. The number of primary amides is 1. The molecule has 0 radical (unpaired) electrons. The second kappa shape index (κ2) is 7.36. The number of hydrogen-bond donors (Lipinski definition) is 1. The van der Waals surface area contributed by atoms with Gasteiger partial charge in [-0.05, 0) is 6.92 Å². The largest absolute Gasteiger partial charge is 0.364 e.